The van der Waals surface area contributed by atoms with Crippen LogP contribution in [0.1, 0.15) is 10.4 Å². The molecule has 0 unspecified atom stereocenters. The first kappa shape index (κ1) is 13.4. The van der Waals surface area contributed by atoms with Crippen LogP contribution in [0, 0.1) is 13.8 Å². The lowest BCUT2D eigenvalue weighted by molar-refractivity contribution is 0.601. The van der Waals surface area contributed by atoms with E-state index >= 15 is 0 Å². The second kappa shape index (κ2) is 4.91. The molecular formula is C12H12ClNO2S2. The molecule has 1 aromatic carbocycles. The fourth-order valence-electron chi connectivity index (χ4n) is 1.43. The fraction of sp³-hybridized carbons (Fsp3) is 0.167. The number of anilines is 1. The minimum atomic E-state index is -3.53. The fourth-order valence-corrected chi connectivity index (χ4v) is 3.77. The maximum Gasteiger partial charge on any atom is 0.262 e. The Morgan fingerprint density at radius 2 is 1.78 bits per heavy atom. The van der Waals surface area contributed by atoms with Gasteiger partial charge < -0.3 is 0 Å². The molecule has 3 nitrogen and oxygen atoms in total. The number of halogens is 1. The first-order valence-corrected chi connectivity index (χ1v) is 7.92. The van der Waals surface area contributed by atoms with Crippen LogP contribution in [0.3, 0.4) is 0 Å². The van der Waals surface area contributed by atoms with Crippen molar-refractivity contribution in [1.82, 2.24) is 0 Å². The van der Waals surface area contributed by atoms with Gasteiger partial charge in [0.05, 0.1) is 4.90 Å². The molecular weight excluding hydrogens is 290 g/mol. The Bertz CT molecular complexity index is 640. The van der Waals surface area contributed by atoms with E-state index in [9.17, 15) is 8.42 Å². The summed E-state index contributed by atoms with van der Waals surface area (Å²) in [5.74, 6) is 0. The largest absolute Gasteiger partial charge is 0.270 e. The van der Waals surface area contributed by atoms with Crippen molar-refractivity contribution >= 4 is 38.0 Å². The summed E-state index contributed by atoms with van der Waals surface area (Å²) in [6.45, 7) is 3.91. The van der Waals surface area contributed by atoms with Crippen LogP contribution in [0.5, 0.6) is 0 Å². The summed E-state index contributed by atoms with van der Waals surface area (Å²) in [5, 5.41) is 1.14. The van der Waals surface area contributed by atoms with E-state index in [4.69, 9.17) is 11.6 Å². The van der Waals surface area contributed by atoms with Gasteiger partial charge in [-0.1, -0.05) is 11.6 Å². The van der Waals surface area contributed by atoms with Crippen molar-refractivity contribution in [1.29, 1.82) is 0 Å². The van der Waals surface area contributed by atoms with Gasteiger partial charge in [0.25, 0.3) is 10.0 Å². The van der Waals surface area contributed by atoms with Gasteiger partial charge in [-0.2, -0.15) is 0 Å². The third kappa shape index (κ3) is 2.85. The highest BCUT2D eigenvalue weighted by Crippen LogP contribution is 2.27. The maximum absolute atomic E-state index is 12.1. The van der Waals surface area contributed by atoms with Crippen molar-refractivity contribution in [2.75, 3.05) is 4.72 Å². The maximum atomic E-state index is 12.1. The molecule has 1 N–H and O–H groups in total. The normalized spacial score (nSPS) is 11.5. The van der Waals surface area contributed by atoms with Crippen LogP contribution < -0.4 is 4.72 Å². The zero-order chi connectivity index (χ0) is 13.3. The molecule has 0 saturated carbocycles. The third-order valence-electron chi connectivity index (χ3n) is 2.52. The molecule has 0 amide bonds. The molecule has 0 aliphatic heterocycles. The highest BCUT2D eigenvalue weighted by Gasteiger charge is 2.15. The van der Waals surface area contributed by atoms with Crippen molar-refractivity contribution in [2.24, 2.45) is 0 Å². The lowest BCUT2D eigenvalue weighted by atomic mass is 10.3. The zero-order valence-electron chi connectivity index (χ0n) is 9.90. The Balaban J connectivity index is 2.29. The summed E-state index contributed by atoms with van der Waals surface area (Å²) >= 11 is 7.16. The summed E-state index contributed by atoms with van der Waals surface area (Å²) in [7, 11) is -3.53. The Kier molecular flexibility index (Phi) is 3.66. The van der Waals surface area contributed by atoms with Gasteiger partial charge in [0.1, 0.15) is 5.00 Å². The second-order valence-electron chi connectivity index (χ2n) is 3.91. The second-order valence-corrected chi connectivity index (χ2v) is 7.28. The van der Waals surface area contributed by atoms with Gasteiger partial charge in [-0.15, -0.1) is 11.3 Å². The third-order valence-corrected chi connectivity index (χ3v) is 5.36. The molecule has 2 rings (SSSR count). The van der Waals surface area contributed by atoms with Crippen LogP contribution in [-0.2, 0) is 10.0 Å². The molecule has 0 bridgehead atoms. The average Bonchev–Trinajstić information content (AvgIpc) is 2.57. The number of nitrogens with one attached hydrogen (secondary N) is 1. The van der Waals surface area contributed by atoms with Gasteiger partial charge in [-0.25, -0.2) is 8.42 Å². The predicted molar refractivity (Wildman–Crippen MR) is 76.1 cm³/mol. The van der Waals surface area contributed by atoms with Crippen LogP contribution in [0.2, 0.25) is 5.02 Å². The first-order valence-electron chi connectivity index (χ1n) is 5.24. The first-order chi connectivity index (χ1) is 8.38. The number of sulfonamides is 1. The molecule has 0 atom stereocenters. The Hall–Kier alpha value is -1.04. The summed E-state index contributed by atoms with van der Waals surface area (Å²) in [6.07, 6.45) is 0. The van der Waals surface area contributed by atoms with E-state index in [-0.39, 0.29) is 4.90 Å². The topological polar surface area (TPSA) is 46.2 Å². The van der Waals surface area contributed by atoms with E-state index in [0.717, 1.165) is 10.4 Å². The van der Waals surface area contributed by atoms with Crippen LogP contribution in [0.4, 0.5) is 5.00 Å². The highest BCUT2D eigenvalue weighted by molar-refractivity contribution is 7.93. The molecule has 0 fully saturated rings. The average molecular weight is 302 g/mol. The van der Waals surface area contributed by atoms with E-state index in [1.165, 1.54) is 23.5 Å². The number of aryl methyl sites for hydroxylation is 2. The summed E-state index contributed by atoms with van der Waals surface area (Å²) < 4.78 is 26.7. The number of thiophene rings is 1. The lowest BCUT2D eigenvalue weighted by Gasteiger charge is -2.05. The minimum absolute atomic E-state index is 0.204. The van der Waals surface area contributed by atoms with Crippen molar-refractivity contribution in [2.45, 2.75) is 18.7 Å². The van der Waals surface area contributed by atoms with E-state index in [2.05, 4.69) is 4.72 Å². The molecule has 1 aromatic heterocycles. The SMILES string of the molecule is Cc1cc(NS(=O)(=O)c2ccc(Cl)cc2)sc1C. The van der Waals surface area contributed by atoms with E-state index < -0.39 is 10.0 Å². The summed E-state index contributed by atoms with van der Waals surface area (Å²) in [4.78, 5) is 1.31. The van der Waals surface area contributed by atoms with Gasteiger partial charge in [0.15, 0.2) is 0 Å². The van der Waals surface area contributed by atoms with Crippen LogP contribution >= 0.6 is 22.9 Å². The lowest BCUT2D eigenvalue weighted by Crippen LogP contribution is -2.11. The zero-order valence-corrected chi connectivity index (χ0v) is 12.3. The van der Waals surface area contributed by atoms with E-state index in [0.29, 0.717) is 10.0 Å². The standard InChI is InChI=1S/C12H12ClNO2S2/c1-8-7-12(17-9(8)2)14-18(15,16)11-5-3-10(13)4-6-11/h3-7,14H,1-2H3. The van der Waals surface area contributed by atoms with Crippen LogP contribution in [0.15, 0.2) is 35.2 Å². The molecule has 0 radical (unpaired) electrons. The molecule has 1 heterocycles. The van der Waals surface area contributed by atoms with Crippen LogP contribution in [-0.4, -0.2) is 8.42 Å². The monoisotopic (exact) mass is 301 g/mol. The molecule has 0 saturated heterocycles. The Morgan fingerprint density at radius 1 is 1.17 bits per heavy atom. The molecule has 6 heteroatoms. The van der Waals surface area contributed by atoms with Crippen molar-refractivity contribution in [3.63, 3.8) is 0 Å². The molecule has 2 aromatic rings. The molecule has 0 aliphatic carbocycles. The molecule has 0 spiro atoms. The van der Waals surface area contributed by atoms with Gasteiger partial charge in [-0.05, 0) is 49.7 Å². The Labute approximate surface area is 115 Å². The number of benzene rings is 1. The quantitative estimate of drug-likeness (QED) is 0.937. The van der Waals surface area contributed by atoms with Gasteiger partial charge >= 0.3 is 0 Å². The minimum Gasteiger partial charge on any atom is -0.270 e. The summed E-state index contributed by atoms with van der Waals surface area (Å²) in [5.41, 5.74) is 1.08. The number of hydrogen-bond donors (Lipinski definition) is 1. The van der Waals surface area contributed by atoms with Gasteiger partial charge in [0.2, 0.25) is 0 Å². The van der Waals surface area contributed by atoms with E-state index in [1.807, 2.05) is 19.9 Å². The molecule has 0 aliphatic rings. The van der Waals surface area contributed by atoms with E-state index in [1.54, 1.807) is 12.1 Å². The molecule has 18 heavy (non-hydrogen) atoms. The summed E-state index contributed by atoms with van der Waals surface area (Å²) in [6, 6.07) is 7.91. The van der Waals surface area contributed by atoms with Crippen LogP contribution in [0.25, 0.3) is 0 Å². The highest BCUT2D eigenvalue weighted by atomic mass is 35.5. The van der Waals surface area contributed by atoms with Crippen molar-refractivity contribution in [3.8, 4) is 0 Å². The number of rotatable bonds is 3. The van der Waals surface area contributed by atoms with Gasteiger partial charge in [0, 0.05) is 9.90 Å². The number of hydrogen-bond acceptors (Lipinski definition) is 3. The van der Waals surface area contributed by atoms with Crippen molar-refractivity contribution < 1.29 is 8.42 Å². The predicted octanol–water partition coefficient (Wildman–Crippen LogP) is 3.82. The Morgan fingerprint density at radius 3 is 2.28 bits per heavy atom. The molecule has 96 valence electrons. The van der Waals surface area contributed by atoms with Gasteiger partial charge in [-0.3, -0.25) is 4.72 Å². The smallest absolute Gasteiger partial charge is 0.262 e. The van der Waals surface area contributed by atoms with Crippen molar-refractivity contribution in [3.05, 3.63) is 45.8 Å².